The van der Waals surface area contributed by atoms with E-state index in [0.717, 1.165) is 11.1 Å². The lowest BCUT2D eigenvalue weighted by Crippen LogP contribution is -1.97. The van der Waals surface area contributed by atoms with Crippen molar-refractivity contribution in [3.05, 3.63) is 45.9 Å². The maximum absolute atomic E-state index is 8.92. The van der Waals surface area contributed by atoms with E-state index in [1.54, 1.807) is 19.1 Å². The molecule has 0 saturated carbocycles. The van der Waals surface area contributed by atoms with Gasteiger partial charge in [0.1, 0.15) is 17.2 Å². The van der Waals surface area contributed by atoms with Crippen molar-refractivity contribution in [2.24, 2.45) is 0 Å². The van der Waals surface area contributed by atoms with Crippen LogP contribution >= 0.6 is 11.6 Å². The average molecular weight is 274 g/mol. The first-order valence-electron chi connectivity index (χ1n) is 5.69. The Kier molecular flexibility index (Phi) is 3.68. The molecule has 0 N–H and O–H groups in total. The van der Waals surface area contributed by atoms with Gasteiger partial charge in [-0.15, -0.1) is 0 Å². The van der Waals surface area contributed by atoms with E-state index in [1.165, 1.54) is 6.33 Å². The second kappa shape index (κ2) is 5.25. The smallest absolute Gasteiger partial charge is 0.226 e. The molecular weight excluding hydrogens is 262 g/mol. The van der Waals surface area contributed by atoms with Crippen LogP contribution in [0.4, 0.5) is 0 Å². The van der Waals surface area contributed by atoms with Crippen molar-refractivity contribution in [1.82, 2.24) is 9.97 Å². The number of hydrogen-bond donors (Lipinski definition) is 0. The highest BCUT2D eigenvalue weighted by Gasteiger charge is 2.12. The van der Waals surface area contributed by atoms with Gasteiger partial charge in [-0.05, 0) is 44.0 Å². The number of hydrogen-bond acceptors (Lipinski definition) is 4. The molecule has 19 heavy (non-hydrogen) atoms. The first kappa shape index (κ1) is 13.3. The van der Waals surface area contributed by atoms with Crippen LogP contribution in [-0.2, 0) is 0 Å². The molecule has 0 unspecified atom stereocenters. The van der Waals surface area contributed by atoms with Crippen LogP contribution < -0.4 is 4.74 Å². The summed E-state index contributed by atoms with van der Waals surface area (Å²) in [5.41, 5.74) is 3.06. The third-order valence-corrected chi connectivity index (χ3v) is 3.15. The highest BCUT2D eigenvalue weighted by atomic mass is 35.5. The molecule has 1 heterocycles. The third kappa shape index (κ3) is 2.67. The van der Waals surface area contributed by atoms with Gasteiger partial charge < -0.3 is 4.74 Å². The molecule has 1 aromatic carbocycles. The van der Waals surface area contributed by atoms with Gasteiger partial charge in [-0.3, -0.25) is 0 Å². The van der Waals surface area contributed by atoms with Crippen LogP contribution in [-0.4, -0.2) is 9.97 Å². The molecule has 0 aliphatic carbocycles. The number of aromatic nitrogens is 2. The van der Waals surface area contributed by atoms with E-state index < -0.39 is 0 Å². The van der Waals surface area contributed by atoms with E-state index in [9.17, 15) is 0 Å². The van der Waals surface area contributed by atoms with Crippen molar-refractivity contribution in [2.75, 3.05) is 0 Å². The Morgan fingerprint density at radius 3 is 2.37 bits per heavy atom. The maximum Gasteiger partial charge on any atom is 0.226 e. The predicted molar refractivity (Wildman–Crippen MR) is 72.5 cm³/mol. The Bertz CT molecular complexity index is 654. The molecule has 4 nitrogen and oxygen atoms in total. The zero-order chi connectivity index (χ0) is 14.0. The molecule has 0 amide bonds. The molecule has 0 saturated heterocycles. The first-order chi connectivity index (χ1) is 9.02. The summed E-state index contributed by atoms with van der Waals surface area (Å²) in [6.45, 7) is 5.58. The van der Waals surface area contributed by atoms with E-state index in [1.807, 2.05) is 13.8 Å². The van der Waals surface area contributed by atoms with E-state index in [4.69, 9.17) is 21.6 Å². The van der Waals surface area contributed by atoms with Crippen LogP contribution in [0.25, 0.3) is 0 Å². The van der Waals surface area contributed by atoms with E-state index in [-0.39, 0.29) is 0 Å². The normalized spacial score (nSPS) is 10.1. The minimum absolute atomic E-state index is 0.369. The molecule has 0 bridgehead atoms. The predicted octanol–water partition coefficient (Wildman–Crippen LogP) is 3.72. The molecule has 0 spiro atoms. The number of rotatable bonds is 2. The SMILES string of the molecule is Cc1cc(C#N)cc(C)c1Oc1ncnc(Cl)c1C. The van der Waals surface area contributed by atoms with Gasteiger partial charge in [0.25, 0.3) is 0 Å². The van der Waals surface area contributed by atoms with Crippen molar-refractivity contribution < 1.29 is 4.74 Å². The fraction of sp³-hybridized carbons (Fsp3) is 0.214. The summed E-state index contributed by atoms with van der Waals surface area (Å²) in [5.74, 6) is 1.12. The number of aryl methyl sites for hydroxylation is 2. The van der Waals surface area contributed by atoms with E-state index in [2.05, 4.69) is 16.0 Å². The lowest BCUT2D eigenvalue weighted by Gasteiger charge is -2.13. The highest BCUT2D eigenvalue weighted by molar-refractivity contribution is 6.30. The van der Waals surface area contributed by atoms with Crippen LogP contribution in [0.1, 0.15) is 22.3 Å². The Morgan fingerprint density at radius 2 is 1.79 bits per heavy atom. The summed E-state index contributed by atoms with van der Waals surface area (Å²) in [6.07, 6.45) is 1.36. The fourth-order valence-corrected chi connectivity index (χ4v) is 1.91. The van der Waals surface area contributed by atoms with Gasteiger partial charge in [0.15, 0.2) is 0 Å². The molecule has 0 aliphatic rings. The van der Waals surface area contributed by atoms with Crippen LogP contribution in [0.3, 0.4) is 0 Å². The van der Waals surface area contributed by atoms with Crippen LogP contribution in [0, 0.1) is 32.1 Å². The number of halogens is 1. The Morgan fingerprint density at radius 1 is 1.16 bits per heavy atom. The van der Waals surface area contributed by atoms with E-state index >= 15 is 0 Å². The Labute approximate surface area is 116 Å². The van der Waals surface area contributed by atoms with Gasteiger partial charge in [-0.25, -0.2) is 9.97 Å². The molecule has 1 aromatic heterocycles. The van der Waals surface area contributed by atoms with E-state index in [0.29, 0.717) is 27.9 Å². The lowest BCUT2D eigenvalue weighted by atomic mass is 10.1. The molecule has 2 rings (SSSR count). The topological polar surface area (TPSA) is 58.8 Å². The summed E-state index contributed by atoms with van der Waals surface area (Å²) >= 11 is 5.93. The van der Waals surface area contributed by atoms with Crippen molar-refractivity contribution >= 4 is 11.6 Å². The van der Waals surface area contributed by atoms with Crippen LogP contribution in [0.2, 0.25) is 5.15 Å². The fourth-order valence-electron chi connectivity index (χ4n) is 1.79. The summed E-state index contributed by atoms with van der Waals surface area (Å²) in [7, 11) is 0. The van der Waals surface area contributed by atoms with Gasteiger partial charge in [0, 0.05) is 5.56 Å². The minimum atomic E-state index is 0.369. The molecule has 96 valence electrons. The largest absolute Gasteiger partial charge is 0.438 e. The second-order valence-corrected chi connectivity index (χ2v) is 4.61. The summed E-state index contributed by atoms with van der Waals surface area (Å²) in [6, 6.07) is 5.67. The van der Waals surface area contributed by atoms with Crippen molar-refractivity contribution in [3.8, 4) is 17.7 Å². The summed E-state index contributed by atoms with van der Waals surface area (Å²) < 4.78 is 5.81. The molecule has 5 heteroatoms. The third-order valence-electron chi connectivity index (χ3n) is 2.76. The Hall–Kier alpha value is -2.12. The standard InChI is InChI=1S/C14H12ClN3O/c1-8-4-11(6-16)5-9(2)12(8)19-14-10(3)13(15)17-7-18-14/h4-5,7H,1-3H3. The van der Waals surface area contributed by atoms with Crippen molar-refractivity contribution in [3.63, 3.8) is 0 Å². The number of ether oxygens (including phenoxy) is 1. The minimum Gasteiger partial charge on any atom is -0.438 e. The van der Waals surface area contributed by atoms with Crippen molar-refractivity contribution in [1.29, 1.82) is 5.26 Å². The molecule has 2 aromatic rings. The van der Waals surface area contributed by atoms with Gasteiger partial charge in [-0.2, -0.15) is 5.26 Å². The van der Waals surface area contributed by atoms with Gasteiger partial charge in [0.2, 0.25) is 5.88 Å². The number of nitriles is 1. The maximum atomic E-state index is 8.92. The quantitative estimate of drug-likeness (QED) is 0.783. The average Bonchev–Trinajstić information content (AvgIpc) is 2.38. The zero-order valence-electron chi connectivity index (χ0n) is 10.9. The van der Waals surface area contributed by atoms with Crippen LogP contribution in [0.15, 0.2) is 18.5 Å². The molecule has 0 atom stereocenters. The van der Waals surface area contributed by atoms with Crippen molar-refractivity contribution in [2.45, 2.75) is 20.8 Å². The zero-order valence-corrected chi connectivity index (χ0v) is 11.6. The summed E-state index contributed by atoms with van der Waals surface area (Å²) in [4.78, 5) is 7.96. The molecule has 0 radical (unpaired) electrons. The Balaban J connectivity index is 2.45. The molecular formula is C14H12ClN3O. The van der Waals surface area contributed by atoms with Crippen LogP contribution in [0.5, 0.6) is 11.6 Å². The monoisotopic (exact) mass is 273 g/mol. The second-order valence-electron chi connectivity index (χ2n) is 4.25. The number of benzene rings is 1. The molecule has 0 aliphatic heterocycles. The first-order valence-corrected chi connectivity index (χ1v) is 6.07. The lowest BCUT2D eigenvalue weighted by molar-refractivity contribution is 0.450. The highest BCUT2D eigenvalue weighted by Crippen LogP contribution is 2.31. The number of nitrogens with zero attached hydrogens (tertiary/aromatic N) is 3. The van der Waals surface area contributed by atoms with Gasteiger partial charge >= 0.3 is 0 Å². The van der Waals surface area contributed by atoms with Gasteiger partial charge in [-0.1, -0.05) is 11.6 Å². The summed E-state index contributed by atoms with van der Waals surface area (Å²) in [5, 5.41) is 9.29. The van der Waals surface area contributed by atoms with Gasteiger partial charge in [0.05, 0.1) is 11.6 Å². The molecule has 0 fully saturated rings.